The summed E-state index contributed by atoms with van der Waals surface area (Å²) in [6.45, 7) is 6.11. The number of hydrogen-bond donors (Lipinski definition) is 3. The quantitative estimate of drug-likeness (QED) is 0.731. The third kappa shape index (κ3) is 4.19. The van der Waals surface area contributed by atoms with E-state index in [9.17, 15) is 9.59 Å². The smallest absolute Gasteiger partial charge is 0.241 e. The lowest BCUT2D eigenvalue weighted by atomic mass is 9.75. The second kappa shape index (κ2) is 8.44. The van der Waals surface area contributed by atoms with Gasteiger partial charge in [0.1, 0.15) is 0 Å². The van der Waals surface area contributed by atoms with Gasteiger partial charge in [0.15, 0.2) is 0 Å². The first-order valence-electron chi connectivity index (χ1n) is 11.1. The molecule has 1 aromatic rings. The van der Waals surface area contributed by atoms with Crippen molar-refractivity contribution in [2.75, 3.05) is 25.5 Å². The number of amides is 2. The van der Waals surface area contributed by atoms with Gasteiger partial charge in [0.2, 0.25) is 11.8 Å². The molecular formula is C23H34N4O2. The lowest BCUT2D eigenvalue weighted by Gasteiger charge is -2.47. The standard InChI is InChI=1S/C23H34N4O2/c1-14-7-8-17(26-22(28)20-6-4-5-9-24-20)12-18(14)19-11-16-13-25-15(2)10-21(16)27(3)23(19)29/h7-8,12,15-16,19-21,24-25H,4-6,9-11,13H2,1-3H3,(H,26,28). The highest BCUT2D eigenvalue weighted by atomic mass is 16.2. The molecule has 3 saturated heterocycles. The Morgan fingerprint density at radius 1 is 1.21 bits per heavy atom. The molecular weight excluding hydrogens is 364 g/mol. The fourth-order valence-corrected chi connectivity index (χ4v) is 5.31. The molecule has 0 aliphatic carbocycles. The molecule has 2 amide bonds. The van der Waals surface area contributed by atoms with E-state index in [1.807, 2.05) is 30.1 Å². The van der Waals surface area contributed by atoms with Gasteiger partial charge in [-0.05, 0) is 75.3 Å². The largest absolute Gasteiger partial charge is 0.342 e. The van der Waals surface area contributed by atoms with Crippen molar-refractivity contribution in [3.63, 3.8) is 0 Å². The molecule has 0 bridgehead atoms. The van der Waals surface area contributed by atoms with Gasteiger partial charge in [0.05, 0.1) is 12.0 Å². The van der Waals surface area contributed by atoms with Crippen LogP contribution in [0.2, 0.25) is 0 Å². The SMILES string of the molecule is Cc1ccc(NC(=O)C2CCCCN2)cc1C1CC2CNC(C)CC2N(C)C1=O. The fraction of sp³-hybridized carbons (Fsp3) is 0.652. The van der Waals surface area contributed by atoms with Crippen LogP contribution < -0.4 is 16.0 Å². The molecule has 29 heavy (non-hydrogen) atoms. The second-order valence-electron chi connectivity index (χ2n) is 9.17. The molecule has 0 spiro atoms. The molecule has 3 N–H and O–H groups in total. The molecule has 3 aliphatic heterocycles. The lowest BCUT2D eigenvalue weighted by molar-refractivity contribution is -0.140. The van der Waals surface area contributed by atoms with E-state index in [4.69, 9.17) is 0 Å². The summed E-state index contributed by atoms with van der Waals surface area (Å²) in [4.78, 5) is 27.8. The molecule has 3 fully saturated rings. The number of likely N-dealkylation sites (N-methyl/N-ethyl adjacent to an activating group) is 1. The zero-order valence-electron chi connectivity index (χ0n) is 17.8. The van der Waals surface area contributed by atoms with Crippen molar-refractivity contribution in [2.45, 2.75) is 70.0 Å². The summed E-state index contributed by atoms with van der Waals surface area (Å²) in [6, 6.07) is 6.66. The predicted octanol–water partition coefficient (Wildman–Crippen LogP) is 2.39. The molecule has 0 radical (unpaired) electrons. The van der Waals surface area contributed by atoms with Crippen LogP contribution in [0.4, 0.5) is 5.69 Å². The van der Waals surface area contributed by atoms with Crippen LogP contribution >= 0.6 is 0 Å². The van der Waals surface area contributed by atoms with Crippen molar-refractivity contribution in [3.05, 3.63) is 29.3 Å². The summed E-state index contributed by atoms with van der Waals surface area (Å²) in [5.41, 5.74) is 2.95. The van der Waals surface area contributed by atoms with Crippen LogP contribution in [0.3, 0.4) is 0 Å². The number of piperidine rings is 3. The van der Waals surface area contributed by atoms with E-state index in [-0.39, 0.29) is 23.8 Å². The van der Waals surface area contributed by atoms with E-state index in [0.29, 0.717) is 18.0 Å². The lowest BCUT2D eigenvalue weighted by Crippen LogP contribution is -2.57. The minimum Gasteiger partial charge on any atom is -0.342 e. The maximum Gasteiger partial charge on any atom is 0.241 e. The van der Waals surface area contributed by atoms with Gasteiger partial charge in [0.25, 0.3) is 0 Å². The Morgan fingerprint density at radius 3 is 2.79 bits per heavy atom. The van der Waals surface area contributed by atoms with Gasteiger partial charge in [-0.2, -0.15) is 0 Å². The Morgan fingerprint density at radius 2 is 2.03 bits per heavy atom. The first kappa shape index (κ1) is 20.4. The molecule has 6 nitrogen and oxygen atoms in total. The predicted molar refractivity (Wildman–Crippen MR) is 115 cm³/mol. The number of nitrogens with zero attached hydrogens (tertiary/aromatic N) is 1. The zero-order valence-corrected chi connectivity index (χ0v) is 17.8. The van der Waals surface area contributed by atoms with Crippen LogP contribution in [-0.4, -0.2) is 55.0 Å². The second-order valence-corrected chi connectivity index (χ2v) is 9.17. The van der Waals surface area contributed by atoms with E-state index >= 15 is 0 Å². The monoisotopic (exact) mass is 398 g/mol. The van der Waals surface area contributed by atoms with Crippen molar-refractivity contribution in [1.82, 2.24) is 15.5 Å². The number of carbonyl (C=O) groups excluding carboxylic acids is 2. The van der Waals surface area contributed by atoms with Crippen molar-refractivity contribution < 1.29 is 9.59 Å². The van der Waals surface area contributed by atoms with Gasteiger partial charge in [0, 0.05) is 31.4 Å². The molecule has 6 heteroatoms. The van der Waals surface area contributed by atoms with E-state index < -0.39 is 0 Å². The average molecular weight is 399 g/mol. The molecule has 3 aliphatic rings. The molecule has 5 unspecified atom stereocenters. The maximum atomic E-state index is 13.2. The Kier molecular flexibility index (Phi) is 5.93. The zero-order chi connectivity index (χ0) is 20.5. The van der Waals surface area contributed by atoms with Gasteiger partial charge in [-0.1, -0.05) is 12.5 Å². The number of rotatable bonds is 3. The van der Waals surface area contributed by atoms with E-state index in [0.717, 1.165) is 62.0 Å². The Bertz CT molecular complexity index is 774. The van der Waals surface area contributed by atoms with Crippen molar-refractivity contribution in [1.29, 1.82) is 0 Å². The summed E-state index contributed by atoms with van der Waals surface area (Å²) in [6.07, 6.45) is 4.98. The first-order chi connectivity index (χ1) is 13.9. The minimum atomic E-state index is -0.138. The Balaban J connectivity index is 1.52. The number of nitrogens with one attached hydrogen (secondary N) is 3. The number of hydrogen-bond acceptors (Lipinski definition) is 4. The minimum absolute atomic E-state index is 0.0251. The van der Waals surface area contributed by atoms with Crippen LogP contribution in [0.15, 0.2) is 18.2 Å². The molecule has 4 rings (SSSR count). The third-order valence-corrected chi connectivity index (χ3v) is 7.10. The van der Waals surface area contributed by atoms with Crippen molar-refractivity contribution in [2.24, 2.45) is 5.92 Å². The number of anilines is 1. The third-order valence-electron chi connectivity index (χ3n) is 7.10. The van der Waals surface area contributed by atoms with Crippen molar-refractivity contribution >= 4 is 17.5 Å². The summed E-state index contributed by atoms with van der Waals surface area (Å²) in [5, 5.41) is 9.94. The Labute approximate surface area is 173 Å². The number of benzene rings is 1. The molecule has 158 valence electrons. The summed E-state index contributed by atoms with van der Waals surface area (Å²) < 4.78 is 0. The molecule has 3 heterocycles. The first-order valence-corrected chi connectivity index (χ1v) is 11.1. The Hall–Kier alpha value is -1.92. The summed E-state index contributed by atoms with van der Waals surface area (Å²) in [7, 11) is 1.96. The normalized spacial score (nSPS) is 32.6. The highest BCUT2D eigenvalue weighted by Crippen LogP contribution is 2.39. The van der Waals surface area contributed by atoms with Gasteiger partial charge in [-0.3, -0.25) is 9.59 Å². The summed E-state index contributed by atoms with van der Waals surface area (Å²) in [5.74, 6) is 0.571. The van der Waals surface area contributed by atoms with Crippen LogP contribution in [0.1, 0.15) is 56.1 Å². The maximum absolute atomic E-state index is 13.2. The molecule has 0 saturated carbocycles. The number of carbonyl (C=O) groups is 2. The van der Waals surface area contributed by atoms with E-state index in [1.165, 1.54) is 0 Å². The fourth-order valence-electron chi connectivity index (χ4n) is 5.31. The van der Waals surface area contributed by atoms with E-state index in [1.54, 1.807) is 0 Å². The topological polar surface area (TPSA) is 73.5 Å². The van der Waals surface area contributed by atoms with Crippen LogP contribution in [0, 0.1) is 12.8 Å². The van der Waals surface area contributed by atoms with Gasteiger partial charge >= 0.3 is 0 Å². The van der Waals surface area contributed by atoms with Crippen LogP contribution in [0.5, 0.6) is 0 Å². The number of fused-ring (bicyclic) bond motifs is 1. The highest BCUT2D eigenvalue weighted by Gasteiger charge is 2.43. The molecule has 5 atom stereocenters. The van der Waals surface area contributed by atoms with Gasteiger partial charge in [-0.15, -0.1) is 0 Å². The highest BCUT2D eigenvalue weighted by molar-refractivity contribution is 5.95. The van der Waals surface area contributed by atoms with Crippen LogP contribution in [-0.2, 0) is 9.59 Å². The van der Waals surface area contributed by atoms with E-state index in [2.05, 4.69) is 29.8 Å². The number of aryl methyl sites for hydroxylation is 1. The van der Waals surface area contributed by atoms with Crippen molar-refractivity contribution in [3.8, 4) is 0 Å². The average Bonchev–Trinajstić information content (AvgIpc) is 2.73. The molecule has 1 aromatic carbocycles. The number of likely N-dealkylation sites (tertiary alicyclic amines) is 1. The summed E-state index contributed by atoms with van der Waals surface area (Å²) >= 11 is 0. The molecule has 0 aromatic heterocycles. The van der Waals surface area contributed by atoms with Gasteiger partial charge < -0.3 is 20.9 Å². The van der Waals surface area contributed by atoms with Gasteiger partial charge in [-0.25, -0.2) is 0 Å². The van der Waals surface area contributed by atoms with Crippen LogP contribution in [0.25, 0.3) is 0 Å².